The molecule has 1 N–H and O–H groups in total. The third-order valence-corrected chi connectivity index (χ3v) is 4.77. The topological polar surface area (TPSA) is 64.3 Å². The van der Waals surface area contributed by atoms with E-state index < -0.39 is 0 Å². The zero-order chi connectivity index (χ0) is 15.8. The highest BCUT2D eigenvalue weighted by Crippen LogP contribution is 2.37. The van der Waals surface area contributed by atoms with Gasteiger partial charge in [-0.15, -0.1) is 16.4 Å². The number of rotatable bonds is 4. The Morgan fingerprint density at radius 3 is 3.00 bits per heavy atom. The zero-order valence-electron chi connectivity index (χ0n) is 12.8. The van der Waals surface area contributed by atoms with Crippen molar-refractivity contribution in [1.82, 2.24) is 19.6 Å². The Hall–Kier alpha value is -2.67. The molecule has 4 aromatic rings. The van der Waals surface area contributed by atoms with Crippen molar-refractivity contribution in [2.45, 2.75) is 6.92 Å². The van der Waals surface area contributed by atoms with Crippen LogP contribution in [0.3, 0.4) is 0 Å². The number of aromatic nitrogens is 4. The van der Waals surface area contributed by atoms with E-state index in [0.29, 0.717) is 0 Å². The van der Waals surface area contributed by atoms with Crippen molar-refractivity contribution in [3.63, 3.8) is 0 Å². The van der Waals surface area contributed by atoms with Crippen molar-refractivity contribution < 1.29 is 4.74 Å². The number of nitrogens with one attached hydrogen (secondary N) is 1. The first kappa shape index (κ1) is 14.0. The average molecular weight is 325 g/mol. The third-order valence-electron chi connectivity index (χ3n) is 3.58. The normalized spacial score (nSPS) is 11.2. The first-order valence-corrected chi connectivity index (χ1v) is 8.12. The lowest BCUT2D eigenvalue weighted by Crippen LogP contribution is -2.03. The van der Waals surface area contributed by atoms with Gasteiger partial charge in [-0.3, -0.25) is 4.98 Å². The molecule has 0 aliphatic heterocycles. The molecule has 0 aliphatic rings. The number of thiophene rings is 1. The van der Waals surface area contributed by atoms with Gasteiger partial charge >= 0.3 is 0 Å². The van der Waals surface area contributed by atoms with Gasteiger partial charge < -0.3 is 10.1 Å². The lowest BCUT2D eigenvalue weighted by Gasteiger charge is -2.03. The number of hydrogen-bond donors (Lipinski definition) is 1. The van der Waals surface area contributed by atoms with E-state index in [4.69, 9.17) is 4.74 Å². The van der Waals surface area contributed by atoms with Crippen LogP contribution in [0.2, 0.25) is 0 Å². The smallest absolute Gasteiger partial charge is 0.154 e. The van der Waals surface area contributed by atoms with Gasteiger partial charge in [-0.1, -0.05) is 0 Å². The van der Waals surface area contributed by atoms with Crippen LogP contribution in [0.1, 0.15) is 6.92 Å². The lowest BCUT2D eigenvalue weighted by molar-refractivity contribution is 0.419. The fourth-order valence-electron chi connectivity index (χ4n) is 2.53. The maximum absolute atomic E-state index is 5.40. The second kappa shape index (κ2) is 5.51. The zero-order valence-corrected chi connectivity index (χ0v) is 13.6. The molecule has 0 aliphatic carbocycles. The number of hydrogen-bond acceptors (Lipinski definition) is 6. The maximum atomic E-state index is 5.40. The molecule has 0 saturated heterocycles. The van der Waals surface area contributed by atoms with Crippen LogP contribution < -0.4 is 10.1 Å². The average Bonchev–Trinajstić information content (AvgIpc) is 3.17. The predicted molar refractivity (Wildman–Crippen MR) is 92.3 cm³/mol. The largest absolute Gasteiger partial charge is 0.494 e. The van der Waals surface area contributed by atoms with Crippen LogP contribution in [0, 0.1) is 0 Å². The first-order valence-electron chi connectivity index (χ1n) is 7.30. The van der Waals surface area contributed by atoms with Crippen molar-refractivity contribution in [2.24, 2.45) is 0 Å². The summed E-state index contributed by atoms with van der Waals surface area (Å²) in [5, 5.41) is 8.90. The molecule has 0 spiro atoms. The molecule has 0 saturated carbocycles. The monoisotopic (exact) mass is 325 g/mol. The third kappa shape index (κ3) is 2.29. The molecule has 0 amide bonds. The molecule has 0 unspecified atom stereocenters. The number of methoxy groups -OCH3 is 1. The Morgan fingerprint density at radius 2 is 2.17 bits per heavy atom. The number of nitrogens with zero attached hydrogens (tertiary/aromatic N) is 4. The van der Waals surface area contributed by atoms with E-state index in [2.05, 4.69) is 26.4 Å². The highest BCUT2D eigenvalue weighted by atomic mass is 32.1. The molecule has 0 bridgehead atoms. The summed E-state index contributed by atoms with van der Waals surface area (Å²) >= 11 is 1.65. The highest BCUT2D eigenvalue weighted by Gasteiger charge is 2.13. The Labute approximate surface area is 136 Å². The molecule has 7 heteroatoms. The number of ether oxygens (including phenoxy) is 1. The SMILES string of the molecule is CCNc1ccc2ncc(-c3cc4cncc(OC)c4s3)n2n1. The summed E-state index contributed by atoms with van der Waals surface area (Å²) in [5.41, 5.74) is 1.78. The molecule has 116 valence electrons. The molecule has 4 heterocycles. The molecule has 4 rings (SSSR count). The van der Waals surface area contributed by atoms with E-state index in [1.807, 2.05) is 36.0 Å². The Bertz CT molecular complexity index is 991. The van der Waals surface area contributed by atoms with Gasteiger partial charge in [-0.25, -0.2) is 9.50 Å². The minimum absolute atomic E-state index is 0.786. The summed E-state index contributed by atoms with van der Waals surface area (Å²) in [6.07, 6.45) is 5.43. The van der Waals surface area contributed by atoms with Crippen molar-refractivity contribution in [2.75, 3.05) is 19.0 Å². The summed E-state index contributed by atoms with van der Waals surface area (Å²) in [6, 6.07) is 6.00. The molecular formula is C16H15N5OS. The van der Waals surface area contributed by atoms with Crippen LogP contribution in [0.4, 0.5) is 5.82 Å². The van der Waals surface area contributed by atoms with Crippen LogP contribution >= 0.6 is 11.3 Å². The van der Waals surface area contributed by atoms with Gasteiger partial charge in [0.25, 0.3) is 0 Å². The van der Waals surface area contributed by atoms with Gasteiger partial charge in [0.1, 0.15) is 11.5 Å². The summed E-state index contributed by atoms with van der Waals surface area (Å²) in [7, 11) is 1.66. The molecular weight excluding hydrogens is 310 g/mol. The highest BCUT2D eigenvalue weighted by molar-refractivity contribution is 7.22. The van der Waals surface area contributed by atoms with E-state index in [-0.39, 0.29) is 0 Å². The molecule has 0 aromatic carbocycles. The van der Waals surface area contributed by atoms with E-state index in [9.17, 15) is 0 Å². The van der Waals surface area contributed by atoms with Crippen molar-refractivity contribution in [1.29, 1.82) is 0 Å². The fourth-order valence-corrected chi connectivity index (χ4v) is 3.64. The van der Waals surface area contributed by atoms with Gasteiger partial charge in [0.2, 0.25) is 0 Å². The summed E-state index contributed by atoms with van der Waals surface area (Å²) in [5.74, 6) is 1.62. The van der Waals surface area contributed by atoms with Crippen LogP contribution in [-0.2, 0) is 0 Å². The van der Waals surface area contributed by atoms with Crippen LogP contribution in [0.5, 0.6) is 5.75 Å². The van der Waals surface area contributed by atoms with Crippen LogP contribution in [-0.4, -0.2) is 33.2 Å². The quantitative estimate of drug-likeness (QED) is 0.622. The minimum Gasteiger partial charge on any atom is -0.494 e. The van der Waals surface area contributed by atoms with E-state index in [1.165, 1.54) is 0 Å². The Morgan fingerprint density at radius 1 is 1.26 bits per heavy atom. The van der Waals surface area contributed by atoms with Crippen molar-refractivity contribution >= 4 is 32.9 Å². The van der Waals surface area contributed by atoms with Crippen molar-refractivity contribution in [3.8, 4) is 16.3 Å². The lowest BCUT2D eigenvalue weighted by atomic mass is 10.3. The van der Waals surface area contributed by atoms with Crippen LogP contribution in [0.15, 0.2) is 36.8 Å². The van der Waals surface area contributed by atoms with Crippen molar-refractivity contribution in [3.05, 3.63) is 36.8 Å². The van der Waals surface area contributed by atoms with Crippen LogP contribution in [0.25, 0.3) is 26.3 Å². The van der Waals surface area contributed by atoms with E-state index in [1.54, 1.807) is 24.6 Å². The fraction of sp³-hybridized carbons (Fsp3) is 0.188. The van der Waals surface area contributed by atoms with E-state index in [0.717, 1.165) is 44.4 Å². The predicted octanol–water partition coefficient (Wildman–Crippen LogP) is 3.45. The maximum Gasteiger partial charge on any atom is 0.154 e. The summed E-state index contributed by atoms with van der Waals surface area (Å²) < 4.78 is 8.34. The molecule has 23 heavy (non-hydrogen) atoms. The Balaban J connectivity index is 1.90. The van der Waals surface area contributed by atoms with Gasteiger partial charge in [-0.2, -0.15) is 0 Å². The number of fused-ring (bicyclic) bond motifs is 2. The molecule has 0 radical (unpaired) electrons. The second-order valence-corrected chi connectivity index (χ2v) is 6.09. The number of anilines is 1. The molecule has 6 nitrogen and oxygen atoms in total. The van der Waals surface area contributed by atoms with Gasteiger partial charge in [0.15, 0.2) is 11.4 Å². The number of imidazole rings is 1. The van der Waals surface area contributed by atoms with Gasteiger partial charge in [0, 0.05) is 18.1 Å². The van der Waals surface area contributed by atoms with Gasteiger partial charge in [0.05, 0.1) is 29.1 Å². The first-order chi connectivity index (χ1) is 11.3. The second-order valence-electron chi connectivity index (χ2n) is 5.03. The molecule has 0 atom stereocenters. The minimum atomic E-state index is 0.786. The molecule has 4 aromatic heterocycles. The van der Waals surface area contributed by atoms with Gasteiger partial charge in [-0.05, 0) is 25.1 Å². The van der Waals surface area contributed by atoms with E-state index >= 15 is 0 Å². The standard InChI is InChI=1S/C16H15N5OS/c1-3-18-14-4-5-15-19-8-11(21(15)20-14)13-6-10-7-17-9-12(22-2)16(10)23-13/h4-9H,3H2,1-2H3,(H,18,20). The number of pyridine rings is 1. The molecule has 0 fully saturated rings. The summed E-state index contributed by atoms with van der Waals surface area (Å²) in [6.45, 7) is 2.88. The Kier molecular flexibility index (Phi) is 3.34. The summed E-state index contributed by atoms with van der Waals surface area (Å²) in [4.78, 5) is 9.74.